The summed E-state index contributed by atoms with van der Waals surface area (Å²) < 4.78 is 5.80. The van der Waals surface area contributed by atoms with E-state index in [0.29, 0.717) is 41.8 Å². The average molecular weight is 568 g/mol. The van der Waals surface area contributed by atoms with E-state index in [4.69, 9.17) is 27.9 Å². The molecule has 0 unspecified atom stereocenters. The van der Waals surface area contributed by atoms with Gasteiger partial charge >= 0.3 is 0 Å². The van der Waals surface area contributed by atoms with Gasteiger partial charge in [-0.25, -0.2) is 0 Å². The van der Waals surface area contributed by atoms with Crippen molar-refractivity contribution in [1.29, 1.82) is 0 Å². The van der Waals surface area contributed by atoms with Crippen molar-refractivity contribution in [1.82, 2.24) is 10.2 Å². The van der Waals surface area contributed by atoms with E-state index in [0.717, 1.165) is 36.8 Å². The Morgan fingerprint density at radius 3 is 2.15 bits per heavy atom. The van der Waals surface area contributed by atoms with Gasteiger partial charge in [0.05, 0.1) is 6.61 Å². The topological polar surface area (TPSA) is 58.6 Å². The molecule has 0 saturated heterocycles. The SMILES string of the molecule is O=C(NC1CCCCC1)[C@@H](Cc1ccccc1)N(Cc1ccc(Cl)cc1)C(=O)CCCOc1ccc(Cl)cc1. The highest BCUT2D eigenvalue weighted by Crippen LogP contribution is 2.21. The largest absolute Gasteiger partial charge is 0.494 e. The maximum absolute atomic E-state index is 13.8. The van der Waals surface area contributed by atoms with E-state index in [2.05, 4.69) is 5.32 Å². The molecule has 4 rings (SSSR count). The van der Waals surface area contributed by atoms with E-state index in [9.17, 15) is 9.59 Å². The van der Waals surface area contributed by atoms with Gasteiger partial charge in [-0.2, -0.15) is 0 Å². The lowest BCUT2D eigenvalue weighted by atomic mass is 9.94. The fourth-order valence-corrected chi connectivity index (χ4v) is 5.22. The van der Waals surface area contributed by atoms with Gasteiger partial charge in [0.1, 0.15) is 11.8 Å². The van der Waals surface area contributed by atoms with Crippen LogP contribution in [-0.2, 0) is 22.6 Å². The summed E-state index contributed by atoms with van der Waals surface area (Å²) >= 11 is 12.1. The van der Waals surface area contributed by atoms with Crippen molar-refractivity contribution in [2.24, 2.45) is 0 Å². The summed E-state index contributed by atoms with van der Waals surface area (Å²) in [5.74, 6) is 0.536. The lowest BCUT2D eigenvalue weighted by Crippen LogP contribution is -2.52. The molecular weight excluding hydrogens is 531 g/mol. The molecule has 0 spiro atoms. The Hall–Kier alpha value is -3.02. The Kier molecular flexibility index (Phi) is 11.1. The van der Waals surface area contributed by atoms with Crippen molar-refractivity contribution >= 4 is 35.0 Å². The molecule has 1 saturated carbocycles. The molecule has 0 heterocycles. The van der Waals surface area contributed by atoms with Gasteiger partial charge in [-0.1, -0.05) is 84.9 Å². The number of nitrogens with zero attached hydrogens (tertiary/aromatic N) is 1. The molecule has 3 aromatic rings. The normalized spacial score (nSPS) is 14.4. The van der Waals surface area contributed by atoms with E-state index in [1.165, 1.54) is 6.42 Å². The Labute approximate surface area is 241 Å². The van der Waals surface area contributed by atoms with Gasteiger partial charge in [-0.05, 0) is 66.8 Å². The summed E-state index contributed by atoms with van der Waals surface area (Å²) in [5.41, 5.74) is 1.94. The van der Waals surface area contributed by atoms with E-state index in [1.54, 1.807) is 17.0 Å². The predicted molar refractivity (Wildman–Crippen MR) is 157 cm³/mol. The zero-order chi connectivity index (χ0) is 27.5. The molecule has 0 aromatic heterocycles. The highest BCUT2D eigenvalue weighted by molar-refractivity contribution is 6.30. The summed E-state index contributed by atoms with van der Waals surface area (Å²) in [7, 11) is 0. The van der Waals surface area contributed by atoms with Crippen LogP contribution in [0.1, 0.15) is 56.1 Å². The second kappa shape index (κ2) is 14.9. The molecular formula is C32H36Cl2N2O3. The second-order valence-electron chi connectivity index (χ2n) is 10.1. The maximum Gasteiger partial charge on any atom is 0.243 e. The number of ether oxygens (including phenoxy) is 1. The number of carbonyl (C=O) groups excluding carboxylic acids is 2. The van der Waals surface area contributed by atoms with Crippen LogP contribution in [0, 0.1) is 0 Å². The van der Waals surface area contributed by atoms with Crippen molar-refractivity contribution < 1.29 is 14.3 Å². The molecule has 3 aromatic carbocycles. The summed E-state index contributed by atoms with van der Waals surface area (Å²) in [4.78, 5) is 29.3. The van der Waals surface area contributed by atoms with Crippen LogP contribution in [0.15, 0.2) is 78.9 Å². The van der Waals surface area contributed by atoms with Gasteiger partial charge in [0.25, 0.3) is 0 Å². The fourth-order valence-electron chi connectivity index (χ4n) is 4.97. The first-order valence-corrected chi connectivity index (χ1v) is 14.5. The maximum atomic E-state index is 13.8. The quantitative estimate of drug-likeness (QED) is 0.235. The molecule has 7 heteroatoms. The van der Waals surface area contributed by atoms with Gasteiger partial charge in [0, 0.05) is 35.5 Å². The smallest absolute Gasteiger partial charge is 0.243 e. The minimum atomic E-state index is -0.630. The summed E-state index contributed by atoms with van der Waals surface area (Å²) in [6.07, 6.45) is 6.65. The number of halogens is 2. The molecule has 39 heavy (non-hydrogen) atoms. The summed E-state index contributed by atoms with van der Waals surface area (Å²) in [6.45, 7) is 0.712. The number of hydrogen-bond donors (Lipinski definition) is 1. The molecule has 0 bridgehead atoms. The molecule has 1 aliphatic carbocycles. The Morgan fingerprint density at radius 1 is 0.846 bits per heavy atom. The molecule has 5 nitrogen and oxygen atoms in total. The van der Waals surface area contributed by atoms with Crippen LogP contribution in [0.5, 0.6) is 5.75 Å². The third-order valence-corrected chi connectivity index (χ3v) is 7.61. The van der Waals surface area contributed by atoms with Gasteiger partial charge < -0.3 is 15.0 Å². The first-order valence-electron chi connectivity index (χ1n) is 13.7. The predicted octanol–water partition coefficient (Wildman–Crippen LogP) is 7.24. The molecule has 1 aliphatic rings. The van der Waals surface area contributed by atoms with Crippen LogP contribution in [0.3, 0.4) is 0 Å². The van der Waals surface area contributed by atoms with E-state index >= 15 is 0 Å². The molecule has 1 fully saturated rings. The lowest BCUT2D eigenvalue weighted by molar-refractivity contribution is -0.141. The second-order valence-corrected chi connectivity index (χ2v) is 11.0. The number of nitrogens with one attached hydrogen (secondary N) is 1. The number of rotatable bonds is 12. The van der Waals surface area contributed by atoms with Crippen LogP contribution in [-0.4, -0.2) is 35.4 Å². The zero-order valence-electron chi connectivity index (χ0n) is 22.2. The molecule has 2 amide bonds. The van der Waals surface area contributed by atoms with Crippen molar-refractivity contribution in [2.75, 3.05) is 6.61 Å². The van der Waals surface area contributed by atoms with Crippen molar-refractivity contribution in [2.45, 2.75) is 70.0 Å². The van der Waals surface area contributed by atoms with Crippen LogP contribution >= 0.6 is 23.2 Å². The summed E-state index contributed by atoms with van der Waals surface area (Å²) in [6, 6.07) is 24.0. The van der Waals surface area contributed by atoms with Crippen LogP contribution < -0.4 is 10.1 Å². The first kappa shape index (κ1) is 29.0. The van der Waals surface area contributed by atoms with Crippen LogP contribution in [0.25, 0.3) is 0 Å². The van der Waals surface area contributed by atoms with E-state index < -0.39 is 6.04 Å². The minimum Gasteiger partial charge on any atom is -0.494 e. The van der Waals surface area contributed by atoms with Crippen molar-refractivity contribution in [3.8, 4) is 5.75 Å². The number of carbonyl (C=O) groups is 2. The number of benzene rings is 3. The van der Waals surface area contributed by atoms with Gasteiger partial charge in [-0.15, -0.1) is 0 Å². The molecule has 0 aliphatic heterocycles. The molecule has 1 atom stereocenters. The Balaban J connectivity index is 1.51. The number of hydrogen-bond acceptors (Lipinski definition) is 3. The Bertz CT molecular complexity index is 1180. The highest BCUT2D eigenvalue weighted by atomic mass is 35.5. The molecule has 0 radical (unpaired) electrons. The van der Waals surface area contributed by atoms with Gasteiger partial charge in [0.2, 0.25) is 11.8 Å². The van der Waals surface area contributed by atoms with E-state index in [1.807, 2.05) is 66.7 Å². The van der Waals surface area contributed by atoms with Crippen LogP contribution in [0.4, 0.5) is 0 Å². The Morgan fingerprint density at radius 2 is 1.49 bits per heavy atom. The average Bonchev–Trinajstić information content (AvgIpc) is 2.96. The first-order chi connectivity index (χ1) is 19.0. The zero-order valence-corrected chi connectivity index (χ0v) is 23.7. The standard InChI is InChI=1S/C32H36Cl2N2O3/c33-26-15-13-25(14-16-26)23-36(31(37)12-7-21-39-29-19-17-27(34)18-20-29)30(22-24-8-3-1-4-9-24)32(38)35-28-10-5-2-6-11-28/h1,3-4,8-9,13-20,28,30H,2,5-7,10-12,21-23H2,(H,35,38)/t30-/m1/s1. The highest BCUT2D eigenvalue weighted by Gasteiger charge is 2.31. The van der Waals surface area contributed by atoms with Crippen LogP contribution in [0.2, 0.25) is 10.0 Å². The van der Waals surface area contributed by atoms with E-state index in [-0.39, 0.29) is 24.3 Å². The minimum absolute atomic E-state index is 0.0793. The lowest BCUT2D eigenvalue weighted by Gasteiger charge is -2.33. The van der Waals surface area contributed by atoms with Crippen molar-refractivity contribution in [3.63, 3.8) is 0 Å². The summed E-state index contributed by atoms with van der Waals surface area (Å²) in [5, 5.41) is 4.55. The third-order valence-electron chi connectivity index (χ3n) is 7.11. The van der Waals surface area contributed by atoms with Gasteiger partial charge in [-0.3, -0.25) is 9.59 Å². The van der Waals surface area contributed by atoms with Crippen molar-refractivity contribution in [3.05, 3.63) is 100 Å². The fraction of sp³-hybridized carbons (Fsp3) is 0.375. The number of amides is 2. The molecule has 1 N–H and O–H groups in total. The molecule has 206 valence electrons. The monoisotopic (exact) mass is 566 g/mol. The van der Waals surface area contributed by atoms with Gasteiger partial charge in [0.15, 0.2) is 0 Å². The third kappa shape index (κ3) is 9.29.